The summed E-state index contributed by atoms with van der Waals surface area (Å²) in [6, 6.07) is 5.45. The van der Waals surface area contributed by atoms with Gasteiger partial charge < -0.3 is 21.1 Å². The lowest BCUT2D eigenvalue weighted by Gasteiger charge is -2.25. The normalized spacial score (nSPS) is 10.4. The molecule has 0 spiro atoms. The van der Waals surface area contributed by atoms with E-state index in [0.717, 1.165) is 12.2 Å². The summed E-state index contributed by atoms with van der Waals surface area (Å²) in [5.41, 5.74) is 12.5. The molecule has 0 unspecified atom stereocenters. The Morgan fingerprint density at radius 3 is 2.61 bits per heavy atom. The molecule has 5 heteroatoms. The second-order valence-corrected chi connectivity index (χ2v) is 4.67. The number of benzene rings is 1. The molecule has 0 aliphatic carbocycles. The van der Waals surface area contributed by atoms with Crippen molar-refractivity contribution in [3.8, 4) is 5.75 Å². The number of nitrogen functional groups attached to an aromatic ring is 1. The molecule has 0 heterocycles. The number of primary amides is 1. The number of carbonyl (C=O) groups is 1. The summed E-state index contributed by atoms with van der Waals surface area (Å²) in [6.07, 6.45) is 0. The fourth-order valence-corrected chi connectivity index (χ4v) is 1.79. The Bertz CT molecular complexity index is 419. The van der Waals surface area contributed by atoms with E-state index in [1.165, 1.54) is 0 Å². The predicted molar refractivity (Wildman–Crippen MR) is 73.7 cm³/mol. The van der Waals surface area contributed by atoms with Crippen molar-refractivity contribution < 1.29 is 9.53 Å². The Morgan fingerprint density at radius 1 is 1.44 bits per heavy atom. The number of amides is 1. The van der Waals surface area contributed by atoms with Gasteiger partial charge in [-0.15, -0.1) is 0 Å². The molecule has 5 nitrogen and oxygen atoms in total. The van der Waals surface area contributed by atoms with Crippen molar-refractivity contribution in [2.45, 2.75) is 13.8 Å². The van der Waals surface area contributed by atoms with Gasteiger partial charge in [-0.1, -0.05) is 13.8 Å². The quantitative estimate of drug-likeness (QED) is 0.745. The van der Waals surface area contributed by atoms with Crippen LogP contribution in [0.4, 0.5) is 11.4 Å². The van der Waals surface area contributed by atoms with Gasteiger partial charge in [0, 0.05) is 18.3 Å². The number of carbonyl (C=O) groups excluding carboxylic acids is 1. The highest BCUT2D eigenvalue weighted by molar-refractivity contribution is 5.80. The van der Waals surface area contributed by atoms with Gasteiger partial charge in [0.2, 0.25) is 5.91 Å². The monoisotopic (exact) mass is 251 g/mol. The zero-order chi connectivity index (χ0) is 13.7. The van der Waals surface area contributed by atoms with Crippen LogP contribution in [0, 0.1) is 5.92 Å². The molecule has 0 aromatic heterocycles. The van der Waals surface area contributed by atoms with E-state index in [1.807, 2.05) is 17.0 Å². The topological polar surface area (TPSA) is 81.6 Å². The summed E-state index contributed by atoms with van der Waals surface area (Å²) in [7, 11) is 1.57. The van der Waals surface area contributed by atoms with Gasteiger partial charge in [-0.2, -0.15) is 0 Å². The molecule has 0 radical (unpaired) electrons. The molecule has 1 rings (SSSR count). The molecular formula is C13H21N3O2. The van der Waals surface area contributed by atoms with E-state index < -0.39 is 0 Å². The van der Waals surface area contributed by atoms with Gasteiger partial charge >= 0.3 is 0 Å². The molecular weight excluding hydrogens is 230 g/mol. The lowest BCUT2D eigenvalue weighted by molar-refractivity contribution is -0.116. The van der Waals surface area contributed by atoms with Gasteiger partial charge in [0.05, 0.1) is 19.3 Å². The Labute approximate surface area is 108 Å². The third-order valence-corrected chi connectivity index (χ3v) is 2.51. The zero-order valence-corrected chi connectivity index (χ0v) is 11.1. The smallest absolute Gasteiger partial charge is 0.236 e. The van der Waals surface area contributed by atoms with Crippen LogP contribution in [0.15, 0.2) is 18.2 Å². The number of ether oxygens (including phenoxy) is 1. The van der Waals surface area contributed by atoms with Crippen LogP contribution in [-0.2, 0) is 4.79 Å². The molecule has 0 aliphatic heterocycles. The lowest BCUT2D eigenvalue weighted by atomic mass is 10.1. The first-order valence-electron chi connectivity index (χ1n) is 5.90. The summed E-state index contributed by atoms with van der Waals surface area (Å²) in [6.45, 7) is 5.10. The van der Waals surface area contributed by atoms with Crippen molar-refractivity contribution in [1.29, 1.82) is 0 Å². The van der Waals surface area contributed by atoms with Gasteiger partial charge in [0.15, 0.2) is 0 Å². The molecule has 1 aromatic rings. The molecule has 0 fully saturated rings. The van der Waals surface area contributed by atoms with Crippen LogP contribution in [-0.4, -0.2) is 26.1 Å². The summed E-state index contributed by atoms with van der Waals surface area (Å²) in [5, 5.41) is 0. The fraction of sp³-hybridized carbons (Fsp3) is 0.462. The van der Waals surface area contributed by atoms with Crippen LogP contribution >= 0.6 is 0 Å². The molecule has 0 saturated carbocycles. The maximum Gasteiger partial charge on any atom is 0.236 e. The predicted octanol–water partition coefficient (Wildman–Crippen LogP) is 1.23. The number of nitrogens with two attached hydrogens (primary N) is 2. The lowest BCUT2D eigenvalue weighted by Crippen LogP contribution is -2.36. The Hall–Kier alpha value is -1.91. The summed E-state index contributed by atoms with van der Waals surface area (Å²) in [4.78, 5) is 13.0. The highest BCUT2D eigenvalue weighted by Crippen LogP contribution is 2.27. The van der Waals surface area contributed by atoms with Crippen LogP contribution in [0.3, 0.4) is 0 Å². The van der Waals surface area contributed by atoms with Gasteiger partial charge in [-0.25, -0.2) is 0 Å². The van der Waals surface area contributed by atoms with E-state index in [0.29, 0.717) is 17.4 Å². The minimum Gasteiger partial charge on any atom is -0.495 e. The first-order chi connectivity index (χ1) is 8.43. The highest BCUT2D eigenvalue weighted by atomic mass is 16.5. The maximum atomic E-state index is 11.1. The van der Waals surface area contributed by atoms with Gasteiger partial charge in [-0.3, -0.25) is 4.79 Å². The van der Waals surface area contributed by atoms with E-state index in [1.54, 1.807) is 13.2 Å². The Kier molecular flexibility index (Phi) is 4.83. The van der Waals surface area contributed by atoms with Crippen LogP contribution in [0.25, 0.3) is 0 Å². The number of anilines is 2. The van der Waals surface area contributed by atoms with Crippen LogP contribution < -0.4 is 21.1 Å². The van der Waals surface area contributed by atoms with E-state index in [-0.39, 0.29) is 12.5 Å². The Balaban J connectivity index is 3.00. The third kappa shape index (κ3) is 3.84. The van der Waals surface area contributed by atoms with Crippen molar-refractivity contribution in [2.24, 2.45) is 11.7 Å². The van der Waals surface area contributed by atoms with Crippen molar-refractivity contribution in [3.05, 3.63) is 18.2 Å². The Morgan fingerprint density at radius 2 is 2.11 bits per heavy atom. The standard InChI is InChI=1S/C13H21N3O2/c1-9(2)7-16(8-13(15)17)10-4-5-11(14)12(6-10)18-3/h4-6,9H,7-8,14H2,1-3H3,(H2,15,17). The molecule has 1 amide bonds. The molecule has 18 heavy (non-hydrogen) atoms. The highest BCUT2D eigenvalue weighted by Gasteiger charge is 2.13. The van der Waals surface area contributed by atoms with Crippen molar-refractivity contribution in [2.75, 3.05) is 30.8 Å². The van der Waals surface area contributed by atoms with Gasteiger partial charge in [-0.05, 0) is 18.1 Å². The molecule has 100 valence electrons. The molecule has 0 saturated heterocycles. The maximum absolute atomic E-state index is 11.1. The minimum absolute atomic E-state index is 0.186. The number of methoxy groups -OCH3 is 1. The molecule has 0 atom stereocenters. The second kappa shape index (κ2) is 6.14. The fourth-order valence-electron chi connectivity index (χ4n) is 1.79. The van der Waals surface area contributed by atoms with E-state index in [4.69, 9.17) is 16.2 Å². The summed E-state index contributed by atoms with van der Waals surface area (Å²) in [5.74, 6) is 0.671. The van der Waals surface area contributed by atoms with Crippen molar-refractivity contribution in [3.63, 3.8) is 0 Å². The second-order valence-electron chi connectivity index (χ2n) is 4.67. The third-order valence-electron chi connectivity index (χ3n) is 2.51. The molecule has 1 aromatic carbocycles. The average molecular weight is 251 g/mol. The molecule has 4 N–H and O–H groups in total. The van der Waals surface area contributed by atoms with E-state index in [2.05, 4.69) is 13.8 Å². The van der Waals surface area contributed by atoms with Crippen LogP contribution in [0.5, 0.6) is 5.75 Å². The first-order valence-corrected chi connectivity index (χ1v) is 5.90. The number of hydrogen-bond donors (Lipinski definition) is 2. The zero-order valence-electron chi connectivity index (χ0n) is 11.1. The molecule has 0 bridgehead atoms. The van der Waals surface area contributed by atoms with Crippen LogP contribution in [0.2, 0.25) is 0 Å². The van der Waals surface area contributed by atoms with E-state index >= 15 is 0 Å². The summed E-state index contributed by atoms with van der Waals surface area (Å²) < 4.78 is 5.18. The van der Waals surface area contributed by atoms with E-state index in [9.17, 15) is 4.79 Å². The summed E-state index contributed by atoms with van der Waals surface area (Å²) >= 11 is 0. The van der Waals surface area contributed by atoms with Crippen molar-refractivity contribution >= 4 is 17.3 Å². The van der Waals surface area contributed by atoms with Crippen LogP contribution in [0.1, 0.15) is 13.8 Å². The average Bonchev–Trinajstić information content (AvgIpc) is 2.27. The minimum atomic E-state index is -0.355. The number of nitrogens with zero attached hydrogens (tertiary/aromatic N) is 1. The van der Waals surface area contributed by atoms with Gasteiger partial charge in [0.25, 0.3) is 0 Å². The largest absolute Gasteiger partial charge is 0.495 e. The molecule has 0 aliphatic rings. The first kappa shape index (κ1) is 14.2. The van der Waals surface area contributed by atoms with Gasteiger partial charge in [0.1, 0.15) is 5.75 Å². The SMILES string of the molecule is COc1cc(N(CC(N)=O)CC(C)C)ccc1N. The number of hydrogen-bond acceptors (Lipinski definition) is 4. The number of rotatable bonds is 6. The van der Waals surface area contributed by atoms with Crippen molar-refractivity contribution in [1.82, 2.24) is 0 Å².